The molecule has 1 amide bonds. The van der Waals surface area contributed by atoms with Gasteiger partial charge in [0.2, 0.25) is 5.91 Å². The number of carbonyl (C=O) groups excluding carboxylic acids is 1. The van der Waals surface area contributed by atoms with Crippen molar-refractivity contribution in [3.63, 3.8) is 0 Å². The standard InChI is InChI=1S/C16H30N2O/c1-4-16(5-2,11-17)15(19)18(3)10-14-9-12-6-7-13(14)8-12/h12-14H,4-11,17H2,1-3H3. The zero-order valence-corrected chi connectivity index (χ0v) is 12.8. The lowest BCUT2D eigenvalue weighted by Gasteiger charge is -2.35. The first-order valence-corrected chi connectivity index (χ1v) is 8.02. The molecular weight excluding hydrogens is 236 g/mol. The van der Waals surface area contributed by atoms with E-state index in [9.17, 15) is 4.79 Å². The fourth-order valence-electron chi connectivity index (χ4n) is 4.37. The highest BCUT2D eigenvalue weighted by atomic mass is 16.2. The lowest BCUT2D eigenvalue weighted by atomic mass is 9.80. The molecule has 0 aliphatic heterocycles. The average Bonchev–Trinajstić information content (AvgIpc) is 3.03. The molecule has 3 atom stereocenters. The fourth-order valence-corrected chi connectivity index (χ4v) is 4.37. The van der Waals surface area contributed by atoms with Gasteiger partial charge >= 0.3 is 0 Å². The largest absolute Gasteiger partial charge is 0.345 e. The Balaban J connectivity index is 1.95. The molecule has 0 aromatic rings. The number of nitrogens with two attached hydrogens (primary N) is 1. The van der Waals surface area contributed by atoms with Gasteiger partial charge in [0.25, 0.3) is 0 Å². The van der Waals surface area contributed by atoms with Gasteiger partial charge in [0, 0.05) is 20.1 Å². The number of nitrogens with zero attached hydrogens (tertiary/aromatic N) is 1. The zero-order chi connectivity index (χ0) is 14.0. The van der Waals surface area contributed by atoms with Crippen molar-refractivity contribution in [2.75, 3.05) is 20.1 Å². The molecule has 2 rings (SSSR count). The molecule has 3 unspecified atom stereocenters. The molecule has 3 nitrogen and oxygen atoms in total. The van der Waals surface area contributed by atoms with Crippen LogP contribution in [0.15, 0.2) is 0 Å². The molecule has 3 heteroatoms. The van der Waals surface area contributed by atoms with Crippen molar-refractivity contribution < 1.29 is 4.79 Å². The Hall–Kier alpha value is -0.570. The summed E-state index contributed by atoms with van der Waals surface area (Å²) >= 11 is 0. The van der Waals surface area contributed by atoms with Crippen molar-refractivity contribution >= 4 is 5.91 Å². The molecule has 2 N–H and O–H groups in total. The number of amides is 1. The molecule has 0 saturated heterocycles. The van der Waals surface area contributed by atoms with Crippen LogP contribution in [0.3, 0.4) is 0 Å². The smallest absolute Gasteiger partial charge is 0.229 e. The van der Waals surface area contributed by atoms with Crippen molar-refractivity contribution in [1.29, 1.82) is 0 Å². The van der Waals surface area contributed by atoms with E-state index in [-0.39, 0.29) is 11.3 Å². The van der Waals surface area contributed by atoms with E-state index >= 15 is 0 Å². The first-order valence-electron chi connectivity index (χ1n) is 8.02. The van der Waals surface area contributed by atoms with Crippen molar-refractivity contribution in [2.45, 2.75) is 52.4 Å². The predicted molar refractivity (Wildman–Crippen MR) is 78.6 cm³/mol. The van der Waals surface area contributed by atoms with Crippen LogP contribution in [0, 0.1) is 23.2 Å². The molecule has 2 saturated carbocycles. The minimum Gasteiger partial charge on any atom is -0.345 e. The van der Waals surface area contributed by atoms with Gasteiger partial charge in [-0.15, -0.1) is 0 Å². The Morgan fingerprint density at radius 1 is 1.26 bits per heavy atom. The van der Waals surface area contributed by atoms with Crippen LogP contribution in [-0.4, -0.2) is 30.9 Å². The molecule has 19 heavy (non-hydrogen) atoms. The minimum atomic E-state index is -0.327. The van der Waals surface area contributed by atoms with Gasteiger partial charge in [0.15, 0.2) is 0 Å². The fraction of sp³-hybridized carbons (Fsp3) is 0.938. The average molecular weight is 266 g/mol. The van der Waals surface area contributed by atoms with Crippen molar-refractivity contribution in [3.05, 3.63) is 0 Å². The first kappa shape index (κ1) is 14.8. The van der Waals surface area contributed by atoms with Crippen LogP contribution in [0.4, 0.5) is 0 Å². The Kier molecular flexibility index (Phi) is 4.54. The highest BCUT2D eigenvalue weighted by Crippen LogP contribution is 2.48. The molecule has 0 heterocycles. The van der Waals surface area contributed by atoms with Crippen LogP contribution in [0.25, 0.3) is 0 Å². The molecule has 2 aliphatic rings. The van der Waals surface area contributed by atoms with E-state index in [0.29, 0.717) is 6.54 Å². The van der Waals surface area contributed by atoms with E-state index in [1.54, 1.807) is 0 Å². The van der Waals surface area contributed by atoms with Gasteiger partial charge in [-0.1, -0.05) is 20.3 Å². The SMILES string of the molecule is CCC(CC)(CN)C(=O)N(C)CC1CC2CCC1C2. The lowest BCUT2D eigenvalue weighted by molar-refractivity contribution is -0.141. The van der Waals surface area contributed by atoms with E-state index in [1.165, 1.54) is 25.7 Å². The summed E-state index contributed by atoms with van der Waals surface area (Å²) < 4.78 is 0. The van der Waals surface area contributed by atoms with Crippen LogP contribution in [0.1, 0.15) is 52.4 Å². The van der Waals surface area contributed by atoms with Gasteiger partial charge in [-0.05, 0) is 49.9 Å². The quantitative estimate of drug-likeness (QED) is 0.803. The monoisotopic (exact) mass is 266 g/mol. The Morgan fingerprint density at radius 3 is 2.37 bits per heavy atom. The molecule has 2 aliphatic carbocycles. The minimum absolute atomic E-state index is 0.266. The summed E-state index contributed by atoms with van der Waals surface area (Å²) in [6.07, 6.45) is 7.27. The number of hydrogen-bond donors (Lipinski definition) is 1. The Bertz CT molecular complexity index is 316. The van der Waals surface area contributed by atoms with Gasteiger partial charge < -0.3 is 10.6 Å². The summed E-state index contributed by atoms with van der Waals surface area (Å²) in [6.45, 7) is 5.58. The third-order valence-electron chi connectivity index (χ3n) is 5.94. The molecule has 0 aromatic heterocycles. The van der Waals surface area contributed by atoms with E-state index < -0.39 is 0 Å². The molecule has 0 aromatic carbocycles. The number of carbonyl (C=O) groups is 1. The summed E-state index contributed by atoms with van der Waals surface area (Å²) in [5.41, 5.74) is 5.56. The summed E-state index contributed by atoms with van der Waals surface area (Å²) in [5, 5.41) is 0. The Labute approximate surface area is 117 Å². The normalized spacial score (nSPS) is 29.8. The number of hydrogen-bond acceptors (Lipinski definition) is 2. The first-order chi connectivity index (χ1) is 9.06. The van der Waals surface area contributed by atoms with E-state index in [0.717, 1.165) is 37.1 Å². The summed E-state index contributed by atoms with van der Waals surface area (Å²) in [5.74, 6) is 2.85. The molecular formula is C16H30N2O. The maximum absolute atomic E-state index is 12.7. The predicted octanol–water partition coefficient (Wildman–Crippen LogP) is 2.65. The van der Waals surface area contributed by atoms with Crippen LogP contribution in [0.5, 0.6) is 0 Å². The topological polar surface area (TPSA) is 46.3 Å². The zero-order valence-electron chi connectivity index (χ0n) is 12.8. The van der Waals surface area contributed by atoms with Crippen LogP contribution >= 0.6 is 0 Å². The second kappa shape index (κ2) is 5.82. The second-order valence-electron chi connectivity index (χ2n) is 6.81. The van der Waals surface area contributed by atoms with Gasteiger partial charge in [0.05, 0.1) is 5.41 Å². The maximum atomic E-state index is 12.7. The molecule has 0 radical (unpaired) electrons. The van der Waals surface area contributed by atoms with Gasteiger partial charge in [-0.3, -0.25) is 4.79 Å². The molecule has 0 spiro atoms. The van der Waals surface area contributed by atoms with Crippen molar-refractivity contribution in [3.8, 4) is 0 Å². The number of fused-ring (bicyclic) bond motifs is 2. The van der Waals surface area contributed by atoms with E-state index in [4.69, 9.17) is 5.73 Å². The third kappa shape index (κ3) is 2.67. The summed E-state index contributed by atoms with van der Waals surface area (Å²) in [4.78, 5) is 14.7. The molecule has 110 valence electrons. The number of rotatable bonds is 6. The van der Waals surface area contributed by atoms with Crippen molar-refractivity contribution in [2.24, 2.45) is 28.9 Å². The summed E-state index contributed by atoms with van der Waals surface area (Å²) in [7, 11) is 1.98. The van der Waals surface area contributed by atoms with Gasteiger partial charge in [-0.25, -0.2) is 0 Å². The lowest BCUT2D eigenvalue weighted by Crippen LogP contribution is -2.47. The highest BCUT2D eigenvalue weighted by molar-refractivity contribution is 5.82. The second-order valence-corrected chi connectivity index (χ2v) is 6.81. The van der Waals surface area contributed by atoms with Crippen LogP contribution < -0.4 is 5.73 Å². The van der Waals surface area contributed by atoms with Crippen molar-refractivity contribution in [1.82, 2.24) is 4.90 Å². The van der Waals surface area contributed by atoms with Gasteiger partial charge in [0.1, 0.15) is 0 Å². The third-order valence-corrected chi connectivity index (χ3v) is 5.94. The van der Waals surface area contributed by atoms with Gasteiger partial charge in [-0.2, -0.15) is 0 Å². The van der Waals surface area contributed by atoms with E-state index in [1.807, 2.05) is 11.9 Å². The van der Waals surface area contributed by atoms with Crippen LogP contribution in [-0.2, 0) is 4.79 Å². The van der Waals surface area contributed by atoms with E-state index in [2.05, 4.69) is 13.8 Å². The molecule has 2 bridgehead atoms. The molecule has 2 fully saturated rings. The summed E-state index contributed by atoms with van der Waals surface area (Å²) in [6, 6.07) is 0. The Morgan fingerprint density at radius 2 is 1.95 bits per heavy atom. The highest BCUT2D eigenvalue weighted by Gasteiger charge is 2.42. The van der Waals surface area contributed by atoms with Crippen LogP contribution in [0.2, 0.25) is 0 Å². The maximum Gasteiger partial charge on any atom is 0.229 e.